The molecule has 0 aliphatic heterocycles. The standard InChI is InChI=1S/C17H19N3O7S2/c1-20(2)29(26,27)15-5-3-4-14(10-15)28(24,25)19-13-8-6-12(7-9-13)17(23)18-11-16(21)22/h3-10,19H,11H2,1-2H3,(H,18,23)(H,21,22). The maximum absolute atomic E-state index is 12.6. The molecule has 29 heavy (non-hydrogen) atoms. The van der Waals surface area contributed by atoms with Crippen LogP contribution in [0.25, 0.3) is 0 Å². The number of hydrogen-bond donors (Lipinski definition) is 3. The second kappa shape index (κ2) is 8.59. The monoisotopic (exact) mass is 441 g/mol. The summed E-state index contributed by atoms with van der Waals surface area (Å²) >= 11 is 0. The maximum atomic E-state index is 12.6. The van der Waals surface area contributed by atoms with Crippen LogP contribution in [0.5, 0.6) is 0 Å². The molecule has 2 rings (SSSR count). The predicted molar refractivity (Wildman–Crippen MR) is 105 cm³/mol. The van der Waals surface area contributed by atoms with Gasteiger partial charge in [-0.15, -0.1) is 0 Å². The van der Waals surface area contributed by atoms with Gasteiger partial charge in [-0.1, -0.05) is 6.07 Å². The first-order chi connectivity index (χ1) is 13.4. The minimum atomic E-state index is -4.09. The summed E-state index contributed by atoms with van der Waals surface area (Å²) in [6.07, 6.45) is 0. The summed E-state index contributed by atoms with van der Waals surface area (Å²) in [4.78, 5) is 21.8. The van der Waals surface area contributed by atoms with Crippen LogP contribution < -0.4 is 10.0 Å². The Hall–Kier alpha value is -2.96. The molecule has 0 fully saturated rings. The van der Waals surface area contributed by atoms with E-state index in [0.29, 0.717) is 0 Å². The van der Waals surface area contributed by atoms with Gasteiger partial charge in [-0.05, 0) is 42.5 Å². The minimum absolute atomic E-state index is 0.139. The summed E-state index contributed by atoms with van der Waals surface area (Å²) in [6.45, 7) is -0.542. The van der Waals surface area contributed by atoms with Gasteiger partial charge in [0.25, 0.3) is 15.9 Å². The van der Waals surface area contributed by atoms with Crippen molar-refractivity contribution >= 4 is 37.6 Å². The maximum Gasteiger partial charge on any atom is 0.322 e. The fourth-order valence-electron chi connectivity index (χ4n) is 2.17. The second-order valence-electron chi connectivity index (χ2n) is 6.02. The van der Waals surface area contributed by atoms with Gasteiger partial charge < -0.3 is 10.4 Å². The molecule has 0 unspecified atom stereocenters. The Balaban J connectivity index is 2.22. The molecule has 1 amide bonds. The largest absolute Gasteiger partial charge is 0.480 e. The van der Waals surface area contributed by atoms with E-state index in [1.54, 1.807) is 0 Å². The smallest absolute Gasteiger partial charge is 0.322 e. The van der Waals surface area contributed by atoms with Gasteiger partial charge in [-0.25, -0.2) is 21.1 Å². The van der Waals surface area contributed by atoms with Gasteiger partial charge in [0.2, 0.25) is 10.0 Å². The molecule has 0 spiro atoms. The van der Waals surface area contributed by atoms with Crippen molar-refractivity contribution in [3.63, 3.8) is 0 Å². The minimum Gasteiger partial charge on any atom is -0.480 e. The van der Waals surface area contributed by atoms with Crippen LogP contribution in [0.1, 0.15) is 10.4 Å². The first kappa shape index (κ1) is 22.3. The highest BCUT2D eigenvalue weighted by Gasteiger charge is 2.21. The van der Waals surface area contributed by atoms with Crippen LogP contribution in [-0.4, -0.2) is 58.8 Å². The molecule has 12 heteroatoms. The van der Waals surface area contributed by atoms with Gasteiger partial charge in [-0.2, -0.15) is 0 Å². The van der Waals surface area contributed by atoms with Gasteiger partial charge in [-0.3, -0.25) is 14.3 Å². The van der Waals surface area contributed by atoms with Crippen LogP contribution in [0.3, 0.4) is 0 Å². The lowest BCUT2D eigenvalue weighted by Gasteiger charge is -2.13. The van der Waals surface area contributed by atoms with Crippen molar-refractivity contribution in [2.75, 3.05) is 25.4 Å². The number of carboxylic acids is 1. The lowest BCUT2D eigenvalue weighted by atomic mass is 10.2. The van der Waals surface area contributed by atoms with E-state index in [2.05, 4.69) is 10.0 Å². The van der Waals surface area contributed by atoms with Crippen LogP contribution >= 0.6 is 0 Å². The Morgan fingerprint density at radius 3 is 2.10 bits per heavy atom. The van der Waals surface area contributed by atoms with E-state index in [1.165, 1.54) is 56.6 Å². The summed E-state index contributed by atoms with van der Waals surface area (Å²) in [5.74, 6) is -1.82. The molecule has 0 bridgehead atoms. The third kappa shape index (κ3) is 5.53. The van der Waals surface area contributed by atoms with Crippen LogP contribution in [0.15, 0.2) is 58.3 Å². The number of sulfonamides is 2. The first-order valence-electron chi connectivity index (χ1n) is 8.09. The average molecular weight is 441 g/mol. The number of aliphatic carboxylic acids is 1. The number of anilines is 1. The van der Waals surface area contributed by atoms with Crippen molar-refractivity contribution in [2.24, 2.45) is 0 Å². The van der Waals surface area contributed by atoms with Crippen molar-refractivity contribution in [1.82, 2.24) is 9.62 Å². The zero-order valence-electron chi connectivity index (χ0n) is 15.5. The fraction of sp³-hybridized carbons (Fsp3) is 0.176. The Bertz CT molecular complexity index is 1130. The fourth-order valence-corrected chi connectivity index (χ4v) is 4.30. The quantitative estimate of drug-likeness (QED) is 0.541. The summed E-state index contributed by atoms with van der Waals surface area (Å²) in [6, 6.07) is 10.2. The number of benzene rings is 2. The van der Waals surface area contributed by atoms with Crippen LogP contribution in [0.4, 0.5) is 5.69 Å². The molecule has 0 radical (unpaired) electrons. The van der Waals surface area contributed by atoms with Crippen molar-refractivity contribution < 1.29 is 31.5 Å². The molecule has 2 aromatic carbocycles. The molecule has 0 saturated carbocycles. The zero-order valence-corrected chi connectivity index (χ0v) is 17.1. The third-order valence-corrected chi connectivity index (χ3v) is 6.88. The number of amides is 1. The third-order valence-electron chi connectivity index (χ3n) is 3.69. The van der Waals surface area contributed by atoms with Gasteiger partial charge >= 0.3 is 5.97 Å². The zero-order chi connectivity index (χ0) is 21.8. The van der Waals surface area contributed by atoms with Crippen LogP contribution in [-0.2, 0) is 24.8 Å². The number of carbonyl (C=O) groups excluding carboxylic acids is 1. The molecule has 156 valence electrons. The predicted octanol–water partition coefficient (Wildman–Crippen LogP) is 0.552. The van der Waals surface area contributed by atoms with E-state index in [1.807, 2.05) is 0 Å². The molecule has 0 atom stereocenters. The number of carboxylic acid groups (broad SMARTS) is 1. The first-order valence-corrected chi connectivity index (χ1v) is 11.0. The Morgan fingerprint density at radius 2 is 1.55 bits per heavy atom. The number of nitrogens with zero attached hydrogens (tertiary/aromatic N) is 1. The summed E-state index contributed by atoms with van der Waals surface area (Å²) < 4.78 is 52.8. The highest BCUT2D eigenvalue weighted by Crippen LogP contribution is 2.21. The number of nitrogens with one attached hydrogen (secondary N) is 2. The van der Waals surface area contributed by atoms with Crippen LogP contribution in [0.2, 0.25) is 0 Å². The van der Waals surface area contributed by atoms with E-state index in [0.717, 1.165) is 10.4 Å². The van der Waals surface area contributed by atoms with Gasteiger partial charge in [0.15, 0.2) is 0 Å². The SMILES string of the molecule is CN(C)S(=O)(=O)c1cccc(S(=O)(=O)Nc2ccc(C(=O)NCC(=O)O)cc2)c1. The summed E-state index contributed by atoms with van der Waals surface area (Å²) in [5, 5.41) is 10.7. The Morgan fingerprint density at radius 1 is 0.966 bits per heavy atom. The molecule has 3 N–H and O–H groups in total. The van der Waals surface area contributed by atoms with E-state index in [9.17, 15) is 26.4 Å². The highest BCUT2D eigenvalue weighted by molar-refractivity contribution is 7.93. The van der Waals surface area contributed by atoms with Crippen LogP contribution in [0, 0.1) is 0 Å². The van der Waals surface area contributed by atoms with E-state index >= 15 is 0 Å². The average Bonchev–Trinajstić information content (AvgIpc) is 2.66. The Kier molecular flexibility index (Phi) is 6.62. The lowest BCUT2D eigenvalue weighted by Crippen LogP contribution is -2.29. The van der Waals surface area contributed by atoms with Crippen molar-refractivity contribution in [3.8, 4) is 0 Å². The number of rotatable bonds is 8. The molecule has 0 saturated heterocycles. The molecular weight excluding hydrogens is 422 g/mol. The van der Waals surface area contributed by atoms with Gasteiger partial charge in [0, 0.05) is 25.3 Å². The lowest BCUT2D eigenvalue weighted by molar-refractivity contribution is -0.135. The molecule has 0 aromatic heterocycles. The van der Waals surface area contributed by atoms with Gasteiger partial charge in [0.05, 0.1) is 9.79 Å². The molecule has 0 aliphatic carbocycles. The molecule has 0 aliphatic rings. The second-order valence-corrected chi connectivity index (χ2v) is 9.86. The van der Waals surface area contributed by atoms with Crippen molar-refractivity contribution in [3.05, 3.63) is 54.1 Å². The molecule has 10 nitrogen and oxygen atoms in total. The van der Waals surface area contributed by atoms with E-state index in [4.69, 9.17) is 5.11 Å². The topological polar surface area (TPSA) is 150 Å². The number of carbonyl (C=O) groups is 2. The molecule has 0 heterocycles. The normalized spacial score (nSPS) is 11.8. The summed E-state index contributed by atoms with van der Waals surface area (Å²) in [5.41, 5.74) is 0.286. The highest BCUT2D eigenvalue weighted by atomic mass is 32.2. The van der Waals surface area contributed by atoms with Crippen molar-refractivity contribution in [1.29, 1.82) is 0 Å². The van der Waals surface area contributed by atoms with E-state index < -0.39 is 38.5 Å². The molecular formula is C17H19N3O7S2. The van der Waals surface area contributed by atoms with Gasteiger partial charge in [0.1, 0.15) is 6.54 Å². The number of hydrogen-bond acceptors (Lipinski definition) is 6. The van der Waals surface area contributed by atoms with E-state index in [-0.39, 0.29) is 21.0 Å². The Labute approximate surface area is 168 Å². The molecule has 2 aromatic rings. The van der Waals surface area contributed by atoms with Crippen molar-refractivity contribution in [2.45, 2.75) is 9.79 Å². The summed E-state index contributed by atoms with van der Waals surface area (Å²) in [7, 11) is -5.22.